The second-order valence-electron chi connectivity index (χ2n) is 13.2. The average Bonchev–Trinajstić information content (AvgIpc) is 3.84. The molecule has 0 amide bonds. The van der Waals surface area contributed by atoms with Crippen molar-refractivity contribution in [3.8, 4) is 44.0 Å². The smallest absolute Gasteiger partial charge is 0.124 e. The Hall–Kier alpha value is -6.33. The highest BCUT2D eigenvalue weighted by Gasteiger charge is 2.19. The van der Waals surface area contributed by atoms with Crippen LogP contribution in [0.1, 0.15) is 0 Å². The molecule has 0 spiro atoms. The minimum Gasteiger partial charge on any atom is -0.310 e. The zero-order valence-corrected chi connectivity index (χ0v) is 30.3. The number of thiazole rings is 1. The molecule has 10 aromatic rings. The first kappa shape index (κ1) is 31.4. The van der Waals surface area contributed by atoms with E-state index in [0.29, 0.717) is 0 Å². The van der Waals surface area contributed by atoms with E-state index in [1.165, 1.54) is 58.3 Å². The topological polar surface area (TPSA) is 16.1 Å². The van der Waals surface area contributed by atoms with Crippen LogP contribution in [0.25, 0.3) is 74.3 Å². The third kappa shape index (κ3) is 5.79. The molecule has 0 saturated carbocycles. The lowest BCUT2D eigenvalue weighted by Crippen LogP contribution is -2.11. The van der Waals surface area contributed by atoms with E-state index in [9.17, 15) is 0 Å². The molecular weight excluding hydrogens is 681 g/mol. The van der Waals surface area contributed by atoms with Gasteiger partial charge in [-0.05, 0) is 88.5 Å². The number of para-hydroxylation sites is 1. The summed E-state index contributed by atoms with van der Waals surface area (Å²) in [5.74, 6) is 0. The van der Waals surface area contributed by atoms with Crippen molar-refractivity contribution in [2.75, 3.05) is 4.90 Å². The summed E-state index contributed by atoms with van der Waals surface area (Å²) in [6, 6.07) is 69.7. The SMILES string of the molecule is c1ccc(-c2ccc(N(c3ccccc3)c3ccc(-c4ccc5sc6ccc7nc(-c8ccccc8)sc7c6c5c4)cc3)c(-c3ccccc3)c2)cc1. The summed E-state index contributed by atoms with van der Waals surface area (Å²) in [7, 11) is 0. The van der Waals surface area contributed by atoms with E-state index in [2.05, 4.69) is 199 Å². The first-order valence-corrected chi connectivity index (χ1v) is 19.4. The van der Waals surface area contributed by atoms with Gasteiger partial charge >= 0.3 is 0 Å². The zero-order chi connectivity index (χ0) is 35.1. The Balaban J connectivity index is 1.07. The third-order valence-electron chi connectivity index (χ3n) is 9.91. The van der Waals surface area contributed by atoms with Crippen LogP contribution in [0.2, 0.25) is 0 Å². The molecule has 0 bridgehead atoms. The Morgan fingerprint density at radius 3 is 1.66 bits per heavy atom. The maximum atomic E-state index is 5.04. The molecule has 0 unspecified atom stereocenters. The Morgan fingerprint density at radius 1 is 0.396 bits per heavy atom. The van der Waals surface area contributed by atoms with Crippen LogP contribution in [-0.4, -0.2) is 4.98 Å². The van der Waals surface area contributed by atoms with Crippen molar-refractivity contribution in [3.63, 3.8) is 0 Å². The van der Waals surface area contributed by atoms with Crippen molar-refractivity contribution >= 4 is 70.1 Å². The Kier molecular flexibility index (Phi) is 7.90. The van der Waals surface area contributed by atoms with Crippen molar-refractivity contribution < 1.29 is 0 Å². The number of hydrogen-bond acceptors (Lipinski definition) is 4. The highest BCUT2D eigenvalue weighted by Crippen LogP contribution is 2.45. The van der Waals surface area contributed by atoms with Gasteiger partial charge in [-0.15, -0.1) is 22.7 Å². The van der Waals surface area contributed by atoms with Crippen LogP contribution in [0.15, 0.2) is 194 Å². The van der Waals surface area contributed by atoms with Gasteiger partial charge in [-0.2, -0.15) is 0 Å². The highest BCUT2D eigenvalue weighted by atomic mass is 32.1. The van der Waals surface area contributed by atoms with Crippen molar-refractivity contribution in [1.82, 2.24) is 4.98 Å². The molecule has 0 fully saturated rings. The van der Waals surface area contributed by atoms with Gasteiger partial charge in [0.1, 0.15) is 5.01 Å². The summed E-state index contributed by atoms with van der Waals surface area (Å²) in [6.45, 7) is 0. The summed E-state index contributed by atoms with van der Waals surface area (Å²) < 4.78 is 3.85. The Bertz CT molecular complexity index is 2860. The summed E-state index contributed by atoms with van der Waals surface area (Å²) in [5.41, 5.74) is 12.7. The molecule has 0 aliphatic rings. The van der Waals surface area contributed by atoms with E-state index in [4.69, 9.17) is 4.98 Å². The first-order chi connectivity index (χ1) is 26.3. The molecule has 0 saturated heterocycles. The molecule has 250 valence electrons. The average molecular weight is 713 g/mol. The van der Waals surface area contributed by atoms with E-state index in [1.807, 2.05) is 11.3 Å². The molecule has 2 nitrogen and oxygen atoms in total. The molecule has 0 atom stereocenters. The fourth-order valence-electron chi connectivity index (χ4n) is 7.33. The predicted molar refractivity (Wildman–Crippen MR) is 229 cm³/mol. The number of thiophene rings is 1. The van der Waals surface area contributed by atoms with Gasteiger partial charge < -0.3 is 4.90 Å². The fourth-order valence-corrected chi connectivity index (χ4v) is 9.62. The number of nitrogens with zero attached hydrogens (tertiary/aromatic N) is 2. The lowest BCUT2D eigenvalue weighted by atomic mass is 9.96. The van der Waals surface area contributed by atoms with Crippen molar-refractivity contribution in [2.24, 2.45) is 0 Å². The molecule has 8 aromatic carbocycles. The monoisotopic (exact) mass is 712 g/mol. The molecular formula is C49H32N2S2. The molecule has 0 aliphatic heterocycles. The van der Waals surface area contributed by atoms with Gasteiger partial charge in [-0.1, -0.05) is 133 Å². The first-order valence-electron chi connectivity index (χ1n) is 17.8. The highest BCUT2D eigenvalue weighted by molar-refractivity contribution is 7.28. The van der Waals surface area contributed by atoms with Crippen LogP contribution in [0.5, 0.6) is 0 Å². The van der Waals surface area contributed by atoms with E-state index in [-0.39, 0.29) is 0 Å². The number of fused-ring (bicyclic) bond motifs is 5. The molecule has 2 aromatic heterocycles. The van der Waals surface area contributed by atoms with Gasteiger partial charge in [0.05, 0.1) is 15.9 Å². The van der Waals surface area contributed by atoms with Crippen LogP contribution in [0.3, 0.4) is 0 Å². The number of hydrogen-bond donors (Lipinski definition) is 0. The van der Waals surface area contributed by atoms with E-state index >= 15 is 0 Å². The minimum atomic E-state index is 1.06. The number of rotatable bonds is 7. The molecule has 53 heavy (non-hydrogen) atoms. The lowest BCUT2D eigenvalue weighted by molar-refractivity contribution is 1.28. The van der Waals surface area contributed by atoms with Gasteiger partial charge in [0.25, 0.3) is 0 Å². The van der Waals surface area contributed by atoms with Gasteiger partial charge in [-0.25, -0.2) is 4.98 Å². The van der Waals surface area contributed by atoms with Crippen LogP contribution in [0, 0.1) is 0 Å². The number of aromatic nitrogens is 1. The quantitative estimate of drug-likeness (QED) is 0.164. The number of anilines is 3. The van der Waals surface area contributed by atoms with Crippen LogP contribution in [0.4, 0.5) is 17.1 Å². The fraction of sp³-hybridized carbons (Fsp3) is 0. The maximum Gasteiger partial charge on any atom is 0.124 e. The Labute approximate surface area is 316 Å². The minimum absolute atomic E-state index is 1.06. The molecule has 4 heteroatoms. The van der Waals surface area contributed by atoms with E-state index in [1.54, 1.807) is 11.3 Å². The molecule has 10 rings (SSSR count). The molecule has 2 heterocycles. The van der Waals surface area contributed by atoms with Gasteiger partial charge in [-0.3, -0.25) is 0 Å². The molecule has 0 N–H and O–H groups in total. The maximum absolute atomic E-state index is 5.04. The zero-order valence-electron chi connectivity index (χ0n) is 28.7. The van der Waals surface area contributed by atoms with Crippen molar-refractivity contribution in [3.05, 3.63) is 194 Å². The summed E-state index contributed by atoms with van der Waals surface area (Å²) in [4.78, 5) is 7.42. The van der Waals surface area contributed by atoms with Crippen LogP contribution >= 0.6 is 22.7 Å². The van der Waals surface area contributed by atoms with E-state index < -0.39 is 0 Å². The van der Waals surface area contributed by atoms with E-state index in [0.717, 1.165) is 33.1 Å². The summed E-state index contributed by atoms with van der Waals surface area (Å²) >= 11 is 3.65. The van der Waals surface area contributed by atoms with Crippen molar-refractivity contribution in [2.45, 2.75) is 0 Å². The van der Waals surface area contributed by atoms with Gasteiger partial charge in [0.2, 0.25) is 0 Å². The van der Waals surface area contributed by atoms with Crippen molar-refractivity contribution in [1.29, 1.82) is 0 Å². The summed E-state index contributed by atoms with van der Waals surface area (Å²) in [6.07, 6.45) is 0. The van der Waals surface area contributed by atoms with Crippen LogP contribution < -0.4 is 4.90 Å². The largest absolute Gasteiger partial charge is 0.310 e. The third-order valence-corrected chi connectivity index (χ3v) is 12.2. The second kappa shape index (κ2) is 13.3. The van der Waals surface area contributed by atoms with Crippen LogP contribution in [-0.2, 0) is 0 Å². The lowest BCUT2D eigenvalue weighted by Gasteiger charge is -2.28. The standard InChI is InChI=1S/C49H32N2S2/c1-5-13-33(14-6-1)37-23-28-44(41(31-37)35-15-7-2-8-16-35)51(39-19-11-4-12-20-39)40-25-21-34(22-26-40)38-24-29-45-42(32-38)47-46(52-45)30-27-43-48(47)53-49(50-43)36-17-9-3-10-18-36/h1-32H. The summed E-state index contributed by atoms with van der Waals surface area (Å²) in [5, 5.41) is 3.66. The van der Waals surface area contributed by atoms with Gasteiger partial charge in [0.15, 0.2) is 0 Å². The normalized spacial score (nSPS) is 11.4. The van der Waals surface area contributed by atoms with Gasteiger partial charge in [0, 0.05) is 42.7 Å². The molecule has 0 radical (unpaired) electrons. The Morgan fingerprint density at radius 2 is 0.943 bits per heavy atom. The molecule has 0 aliphatic carbocycles. The second-order valence-corrected chi connectivity index (χ2v) is 15.2. The predicted octanol–water partition coefficient (Wildman–Crippen LogP) is 14.8. The number of benzene rings is 8.